The van der Waals surface area contributed by atoms with E-state index in [1.165, 1.54) is 29.2 Å². The van der Waals surface area contributed by atoms with Crippen LogP contribution in [0.5, 0.6) is 11.5 Å². The molecule has 1 aliphatic rings. The lowest BCUT2D eigenvalue weighted by Crippen LogP contribution is -2.40. The number of rotatable bonds is 9. The quantitative estimate of drug-likeness (QED) is 0.359. The van der Waals surface area contributed by atoms with Crippen LogP contribution in [0.2, 0.25) is 0 Å². The maximum atomic E-state index is 12.2. The third-order valence-electron chi connectivity index (χ3n) is 7.14. The molecule has 194 valence electrons. The third kappa shape index (κ3) is 6.92. The van der Waals surface area contributed by atoms with Crippen molar-refractivity contribution in [3.8, 4) is 11.5 Å². The van der Waals surface area contributed by atoms with Crippen LogP contribution >= 0.6 is 12.4 Å². The van der Waals surface area contributed by atoms with Crippen LogP contribution in [0.15, 0.2) is 30.3 Å². The van der Waals surface area contributed by atoms with Crippen molar-refractivity contribution < 1.29 is 19.0 Å². The second-order valence-corrected chi connectivity index (χ2v) is 10.1. The Morgan fingerprint density at radius 3 is 2.29 bits per heavy atom. The molecule has 0 amide bonds. The van der Waals surface area contributed by atoms with Crippen LogP contribution in [-0.2, 0) is 16.0 Å². The summed E-state index contributed by atoms with van der Waals surface area (Å²) in [7, 11) is 3.36. The van der Waals surface area contributed by atoms with Gasteiger partial charge in [0.25, 0.3) is 0 Å². The minimum Gasteiger partial charge on any atom is -0.493 e. The van der Waals surface area contributed by atoms with E-state index < -0.39 is 0 Å². The molecule has 1 heterocycles. The van der Waals surface area contributed by atoms with Crippen molar-refractivity contribution >= 4 is 18.4 Å². The Balaban J connectivity index is 0.00000432. The summed E-state index contributed by atoms with van der Waals surface area (Å²) in [5.74, 6) is 2.00. The van der Waals surface area contributed by atoms with Gasteiger partial charge >= 0.3 is 5.97 Å². The summed E-state index contributed by atoms with van der Waals surface area (Å²) < 4.78 is 17.1. The van der Waals surface area contributed by atoms with Gasteiger partial charge in [-0.05, 0) is 79.5 Å². The van der Waals surface area contributed by atoms with Gasteiger partial charge in [0.1, 0.15) is 6.10 Å². The number of carbonyl (C=O) groups excluding carboxylic acids is 1. The van der Waals surface area contributed by atoms with Crippen molar-refractivity contribution in [2.24, 2.45) is 11.8 Å². The highest BCUT2D eigenvalue weighted by atomic mass is 35.5. The van der Waals surface area contributed by atoms with E-state index in [1.807, 2.05) is 0 Å². The number of esters is 1. The van der Waals surface area contributed by atoms with Crippen LogP contribution in [0.4, 0.5) is 0 Å². The van der Waals surface area contributed by atoms with Crippen LogP contribution in [-0.4, -0.2) is 38.2 Å². The molecule has 6 heteroatoms. The standard InChI is InChI=1S/C29H41NO4.ClH/c1-18(2)13-25(29(34-22(6)31)24-10-9-19(3)20(4)14-24)17-30-12-11-23-15-27(32-7)28(33-8)16-26(23)21(30)5;/h9-10,14-16,18,21,25,29H,11-13,17H2,1-8H3;1H. The average Bonchev–Trinajstić information content (AvgIpc) is 2.79. The zero-order valence-corrected chi connectivity index (χ0v) is 23.3. The fourth-order valence-electron chi connectivity index (χ4n) is 5.20. The van der Waals surface area contributed by atoms with Crippen molar-refractivity contribution in [3.05, 3.63) is 58.1 Å². The maximum absolute atomic E-state index is 12.2. The fraction of sp³-hybridized carbons (Fsp3) is 0.552. The molecule has 0 radical (unpaired) electrons. The number of halogens is 1. The van der Waals surface area contributed by atoms with Crippen LogP contribution in [0, 0.1) is 25.7 Å². The van der Waals surface area contributed by atoms with Gasteiger partial charge in [-0.1, -0.05) is 32.0 Å². The van der Waals surface area contributed by atoms with Crippen molar-refractivity contribution in [1.82, 2.24) is 4.90 Å². The molecule has 5 nitrogen and oxygen atoms in total. The first-order chi connectivity index (χ1) is 16.1. The molecule has 2 aromatic rings. The predicted octanol–water partition coefficient (Wildman–Crippen LogP) is 6.63. The van der Waals surface area contributed by atoms with Gasteiger partial charge in [0, 0.05) is 32.0 Å². The van der Waals surface area contributed by atoms with Gasteiger partial charge in [-0.2, -0.15) is 0 Å². The van der Waals surface area contributed by atoms with E-state index in [-0.39, 0.29) is 36.4 Å². The van der Waals surface area contributed by atoms with Gasteiger partial charge in [-0.3, -0.25) is 9.69 Å². The first-order valence-corrected chi connectivity index (χ1v) is 12.4. The highest BCUT2D eigenvalue weighted by Crippen LogP contribution is 2.40. The van der Waals surface area contributed by atoms with Crippen LogP contribution in [0.3, 0.4) is 0 Å². The number of benzene rings is 2. The maximum Gasteiger partial charge on any atom is 0.303 e. The predicted molar refractivity (Wildman–Crippen MR) is 144 cm³/mol. The lowest BCUT2D eigenvalue weighted by atomic mass is 9.85. The Labute approximate surface area is 217 Å². The molecule has 0 aromatic heterocycles. The monoisotopic (exact) mass is 503 g/mol. The molecule has 1 aliphatic heterocycles. The summed E-state index contributed by atoms with van der Waals surface area (Å²) in [5, 5.41) is 0. The molecule has 0 spiro atoms. The topological polar surface area (TPSA) is 48.0 Å². The van der Waals surface area contributed by atoms with E-state index >= 15 is 0 Å². The SMILES string of the molecule is COc1cc2c(cc1OC)C(C)N(CC(CC(C)C)C(OC(C)=O)c1ccc(C)c(C)c1)CC2.Cl. The van der Waals surface area contributed by atoms with Crippen LogP contribution < -0.4 is 9.47 Å². The van der Waals surface area contributed by atoms with Gasteiger partial charge in [-0.25, -0.2) is 0 Å². The van der Waals surface area contributed by atoms with Gasteiger partial charge in [-0.15, -0.1) is 12.4 Å². The third-order valence-corrected chi connectivity index (χ3v) is 7.14. The molecule has 3 atom stereocenters. The Hall–Kier alpha value is -2.24. The smallest absolute Gasteiger partial charge is 0.303 e. The second kappa shape index (κ2) is 12.6. The molecule has 0 aliphatic carbocycles. The molecular formula is C29H42ClNO4. The van der Waals surface area contributed by atoms with Crippen molar-refractivity contribution in [3.63, 3.8) is 0 Å². The summed E-state index contributed by atoms with van der Waals surface area (Å²) in [6, 6.07) is 10.9. The number of hydrogen-bond acceptors (Lipinski definition) is 5. The lowest BCUT2D eigenvalue weighted by molar-refractivity contribution is -0.150. The molecule has 0 fully saturated rings. The molecule has 0 N–H and O–H groups in total. The summed E-state index contributed by atoms with van der Waals surface area (Å²) >= 11 is 0. The molecule has 3 unspecified atom stereocenters. The molecule has 0 saturated carbocycles. The first-order valence-electron chi connectivity index (χ1n) is 12.4. The van der Waals surface area contributed by atoms with E-state index in [1.54, 1.807) is 14.2 Å². The number of methoxy groups -OCH3 is 2. The lowest BCUT2D eigenvalue weighted by Gasteiger charge is -2.40. The number of ether oxygens (including phenoxy) is 3. The average molecular weight is 504 g/mol. The fourth-order valence-corrected chi connectivity index (χ4v) is 5.20. The zero-order chi connectivity index (χ0) is 25.0. The van der Waals surface area contributed by atoms with Crippen molar-refractivity contribution in [2.45, 2.75) is 66.5 Å². The highest BCUT2D eigenvalue weighted by molar-refractivity contribution is 5.85. The molecule has 3 rings (SSSR count). The largest absolute Gasteiger partial charge is 0.493 e. The molecule has 0 saturated heterocycles. The van der Waals surface area contributed by atoms with E-state index in [0.717, 1.165) is 43.0 Å². The Morgan fingerprint density at radius 1 is 1.06 bits per heavy atom. The minimum atomic E-state index is -0.266. The first kappa shape index (κ1) is 29.0. The molecule has 0 bridgehead atoms. The van der Waals surface area contributed by atoms with Crippen LogP contribution in [0.1, 0.15) is 74.1 Å². The number of aryl methyl sites for hydroxylation is 2. The minimum absolute atomic E-state index is 0. The van der Waals surface area contributed by atoms with E-state index in [0.29, 0.717) is 5.92 Å². The summed E-state index contributed by atoms with van der Waals surface area (Å²) in [6.07, 6.45) is 1.67. The van der Waals surface area contributed by atoms with E-state index in [4.69, 9.17) is 14.2 Å². The van der Waals surface area contributed by atoms with Crippen molar-refractivity contribution in [2.75, 3.05) is 27.3 Å². The highest BCUT2D eigenvalue weighted by Gasteiger charge is 2.33. The van der Waals surface area contributed by atoms with E-state index in [9.17, 15) is 4.79 Å². The summed E-state index contributed by atoms with van der Waals surface area (Å²) in [6.45, 7) is 14.3. The molecule has 2 aromatic carbocycles. The number of hydrogen-bond donors (Lipinski definition) is 0. The number of nitrogens with zero attached hydrogens (tertiary/aromatic N) is 1. The van der Waals surface area contributed by atoms with Gasteiger partial charge in [0.15, 0.2) is 11.5 Å². The Kier molecular flexibility index (Phi) is 10.5. The normalized spacial score (nSPS) is 17.2. The van der Waals surface area contributed by atoms with Gasteiger partial charge in [0.05, 0.1) is 14.2 Å². The van der Waals surface area contributed by atoms with Crippen LogP contribution in [0.25, 0.3) is 0 Å². The van der Waals surface area contributed by atoms with Gasteiger partial charge in [0.2, 0.25) is 0 Å². The summed E-state index contributed by atoms with van der Waals surface area (Å²) in [4.78, 5) is 14.7. The summed E-state index contributed by atoms with van der Waals surface area (Å²) in [5.41, 5.74) is 6.14. The molecular weight excluding hydrogens is 462 g/mol. The van der Waals surface area contributed by atoms with E-state index in [2.05, 4.69) is 69.9 Å². The number of carbonyl (C=O) groups is 1. The van der Waals surface area contributed by atoms with Gasteiger partial charge < -0.3 is 14.2 Å². The Morgan fingerprint density at radius 2 is 1.71 bits per heavy atom. The van der Waals surface area contributed by atoms with Crippen molar-refractivity contribution in [1.29, 1.82) is 0 Å². The Bertz CT molecular complexity index is 1010. The number of fused-ring (bicyclic) bond motifs is 1. The second-order valence-electron chi connectivity index (χ2n) is 10.1. The zero-order valence-electron chi connectivity index (χ0n) is 22.5. The molecule has 35 heavy (non-hydrogen) atoms.